The second-order valence-corrected chi connectivity index (χ2v) is 7.66. The number of ether oxygens (including phenoxy) is 1. The first-order chi connectivity index (χ1) is 12.8. The van der Waals surface area contributed by atoms with Gasteiger partial charge in [0.1, 0.15) is 11.6 Å². The van der Waals surface area contributed by atoms with Crippen molar-refractivity contribution in [2.24, 2.45) is 0 Å². The molecule has 1 aliphatic carbocycles. The molecule has 4 rings (SSSR count). The maximum atomic E-state index is 13.2. The summed E-state index contributed by atoms with van der Waals surface area (Å²) < 4.78 is 21.4. The molecule has 0 aliphatic heterocycles. The molecule has 0 bridgehead atoms. The van der Waals surface area contributed by atoms with E-state index >= 15 is 0 Å². The van der Waals surface area contributed by atoms with Crippen LogP contribution in [0.15, 0.2) is 42.5 Å². The average Bonchev–Trinajstić information content (AvgIpc) is 3.35. The highest BCUT2D eigenvalue weighted by atomic mass is 35.5. The highest BCUT2D eigenvalue weighted by Gasteiger charge is 2.37. The monoisotopic (exact) mass is 386 g/mol. The number of aromatic nitrogens is 3. The van der Waals surface area contributed by atoms with Crippen LogP contribution in [0.3, 0.4) is 0 Å². The lowest BCUT2D eigenvalue weighted by atomic mass is 10.1. The van der Waals surface area contributed by atoms with E-state index in [0.717, 1.165) is 18.4 Å². The van der Waals surface area contributed by atoms with Gasteiger partial charge in [-0.15, -0.1) is 10.2 Å². The van der Waals surface area contributed by atoms with E-state index in [1.807, 2.05) is 19.9 Å². The molecule has 7 heteroatoms. The van der Waals surface area contributed by atoms with Crippen LogP contribution < -0.4 is 10.5 Å². The summed E-state index contributed by atoms with van der Waals surface area (Å²) in [6, 6.07) is 11.6. The van der Waals surface area contributed by atoms with Gasteiger partial charge in [0.15, 0.2) is 17.2 Å². The Labute approximate surface area is 161 Å². The standard InChI is InChI=1S/C20H20ClFN4O/c1-20(2,27-15-8-3-12(22)4-9-15)19-25-24-18(26(19)14-6-7-14)16-10-5-13(23)11-17(16)21/h3-5,8-11,14H,6-7,23H2,1-2H3. The van der Waals surface area contributed by atoms with E-state index in [9.17, 15) is 4.39 Å². The van der Waals surface area contributed by atoms with Crippen LogP contribution in [0.5, 0.6) is 5.75 Å². The minimum atomic E-state index is -0.758. The van der Waals surface area contributed by atoms with Crippen molar-refractivity contribution in [3.63, 3.8) is 0 Å². The summed E-state index contributed by atoms with van der Waals surface area (Å²) in [6.45, 7) is 3.85. The number of nitrogen functional groups attached to an aromatic ring is 1. The maximum absolute atomic E-state index is 13.2. The van der Waals surface area contributed by atoms with Gasteiger partial charge in [-0.3, -0.25) is 0 Å². The van der Waals surface area contributed by atoms with Gasteiger partial charge in [-0.05, 0) is 69.2 Å². The molecular formula is C20H20ClFN4O. The Kier molecular flexibility index (Phi) is 4.30. The van der Waals surface area contributed by atoms with Crippen molar-refractivity contribution in [2.45, 2.75) is 38.3 Å². The fraction of sp³-hybridized carbons (Fsp3) is 0.300. The largest absolute Gasteiger partial charge is 0.480 e. The number of benzene rings is 2. The van der Waals surface area contributed by atoms with Gasteiger partial charge >= 0.3 is 0 Å². The lowest BCUT2D eigenvalue weighted by Crippen LogP contribution is -2.29. The Morgan fingerprint density at radius 1 is 1.15 bits per heavy atom. The van der Waals surface area contributed by atoms with Crippen LogP contribution in [0.25, 0.3) is 11.4 Å². The Morgan fingerprint density at radius 2 is 1.85 bits per heavy atom. The molecular weight excluding hydrogens is 367 g/mol. The maximum Gasteiger partial charge on any atom is 0.177 e. The topological polar surface area (TPSA) is 66.0 Å². The Morgan fingerprint density at radius 3 is 2.48 bits per heavy atom. The summed E-state index contributed by atoms with van der Waals surface area (Å²) in [4.78, 5) is 0. The van der Waals surface area contributed by atoms with Crippen LogP contribution >= 0.6 is 11.6 Å². The molecule has 2 aromatic carbocycles. The van der Waals surface area contributed by atoms with Gasteiger partial charge in [0.2, 0.25) is 0 Å². The summed E-state index contributed by atoms with van der Waals surface area (Å²) in [6.07, 6.45) is 2.11. The van der Waals surface area contributed by atoms with Gasteiger partial charge < -0.3 is 15.0 Å². The fourth-order valence-electron chi connectivity index (χ4n) is 3.12. The first-order valence-corrected chi connectivity index (χ1v) is 9.18. The van der Waals surface area contributed by atoms with Crippen LogP contribution in [0.4, 0.5) is 10.1 Å². The fourth-order valence-corrected chi connectivity index (χ4v) is 3.39. The third-order valence-corrected chi connectivity index (χ3v) is 4.88. The number of hydrogen-bond acceptors (Lipinski definition) is 4. The van der Waals surface area contributed by atoms with Gasteiger partial charge in [-0.2, -0.15) is 0 Å². The Hall–Kier alpha value is -2.60. The first-order valence-electron chi connectivity index (χ1n) is 8.80. The second kappa shape index (κ2) is 6.53. The van der Waals surface area contributed by atoms with Crippen LogP contribution in [0.2, 0.25) is 5.02 Å². The van der Waals surface area contributed by atoms with E-state index in [-0.39, 0.29) is 5.82 Å². The van der Waals surface area contributed by atoms with Crippen molar-refractivity contribution >= 4 is 17.3 Å². The molecule has 3 aromatic rings. The van der Waals surface area contributed by atoms with E-state index < -0.39 is 5.60 Å². The quantitative estimate of drug-likeness (QED) is 0.629. The second-order valence-electron chi connectivity index (χ2n) is 7.25. The summed E-state index contributed by atoms with van der Waals surface area (Å²) in [7, 11) is 0. The third kappa shape index (κ3) is 3.49. The van der Waals surface area contributed by atoms with Crippen LogP contribution in [-0.4, -0.2) is 14.8 Å². The predicted octanol–water partition coefficient (Wildman–Crippen LogP) is 4.97. The number of nitrogens with zero attached hydrogens (tertiary/aromatic N) is 3. The Bertz CT molecular complexity index is 980. The summed E-state index contributed by atoms with van der Waals surface area (Å²) >= 11 is 6.40. The number of rotatable bonds is 5. The molecule has 2 N–H and O–H groups in total. The number of nitrogens with two attached hydrogens (primary N) is 1. The highest BCUT2D eigenvalue weighted by molar-refractivity contribution is 6.33. The molecule has 140 valence electrons. The van der Waals surface area contributed by atoms with E-state index in [1.54, 1.807) is 24.3 Å². The molecule has 1 heterocycles. The molecule has 5 nitrogen and oxygen atoms in total. The van der Waals surface area contributed by atoms with Gasteiger partial charge in [-0.25, -0.2) is 4.39 Å². The van der Waals surface area contributed by atoms with Crippen molar-refractivity contribution in [2.75, 3.05) is 5.73 Å². The van der Waals surface area contributed by atoms with Gasteiger partial charge in [0, 0.05) is 17.3 Å². The minimum Gasteiger partial charge on any atom is -0.480 e. The molecule has 0 spiro atoms. The smallest absolute Gasteiger partial charge is 0.177 e. The molecule has 0 unspecified atom stereocenters. The predicted molar refractivity (Wildman–Crippen MR) is 103 cm³/mol. The molecule has 1 aromatic heterocycles. The van der Waals surface area contributed by atoms with E-state index in [4.69, 9.17) is 22.1 Å². The molecule has 0 saturated heterocycles. The zero-order chi connectivity index (χ0) is 19.2. The SMILES string of the molecule is CC(C)(Oc1ccc(F)cc1)c1nnc(-c2ccc(N)cc2Cl)n1C1CC1. The van der Waals surface area contributed by atoms with Crippen molar-refractivity contribution in [1.29, 1.82) is 0 Å². The van der Waals surface area contributed by atoms with E-state index in [2.05, 4.69) is 14.8 Å². The van der Waals surface area contributed by atoms with E-state index in [0.29, 0.717) is 34.2 Å². The molecule has 0 radical (unpaired) electrons. The Balaban J connectivity index is 1.74. The van der Waals surface area contributed by atoms with Crippen molar-refractivity contribution in [3.05, 3.63) is 59.1 Å². The molecule has 0 amide bonds. The normalized spacial score (nSPS) is 14.4. The van der Waals surface area contributed by atoms with Gasteiger partial charge in [0.05, 0.1) is 5.02 Å². The minimum absolute atomic E-state index is 0.304. The molecule has 1 aliphatic rings. The zero-order valence-corrected chi connectivity index (χ0v) is 15.9. The highest BCUT2D eigenvalue weighted by Crippen LogP contribution is 2.43. The molecule has 0 atom stereocenters. The van der Waals surface area contributed by atoms with Crippen LogP contribution in [0, 0.1) is 5.82 Å². The molecule has 1 fully saturated rings. The number of halogens is 2. The zero-order valence-electron chi connectivity index (χ0n) is 15.1. The lowest BCUT2D eigenvalue weighted by molar-refractivity contribution is 0.0936. The van der Waals surface area contributed by atoms with E-state index in [1.165, 1.54) is 12.1 Å². The molecule has 27 heavy (non-hydrogen) atoms. The van der Waals surface area contributed by atoms with Crippen LogP contribution in [-0.2, 0) is 5.60 Å². The van der Waals surface area contributed by atoms with Crippen molar-refractivity contribution < 1.29 is 9.13 Å². The van der Waals surface area contributed by atoms with Crippen molar-refractivity contribution in [1.82, 2.24) is 14.8 Å². The van der Waals surface area contributed by atoms with Gasteiger partial charge in [-0.1, -0.05) is 11.6 Å². The lowest BCUT2D eigenvalue weighted by Gasteiger charge is -2.26. The third-order valence-electron chi connectivity index (χ3n) is 4.57. The molecule has 1 saturated carbocycles. The summed E-state index contributed by atoms with van der Waals surface area (Å²) in [5, 5.41) is 9.37. The van der Waals surface area contributed by atoms with Crippen molar-refractivity contribution in [3.8, 4) is 17.1 Å². The van der Waals surface area contributed by atoms with Crippen LogP contribution in [0.1, 0.15) is 38.6 Å². The van der Waals surface area contributed by atoms with Gasteiger partial charge in [0.25, 0.3) is 0 Å². The summed E-state index contributed by atoms with van der Waals surface area (Å²) in [5.41, 5.74) is 6.44. The summed E-state index contributed by atoms with van der Waals surface area (Å²) in [5.74, 6) is 1.67. The number of hydrogen-bond donors (Lipinski definition) is 1. The number of anilines is 1. The average molecular weight is 387 g/mol. The first kappa shape index (κ1) is 17.8.